The van der Waals surface area contributed by atoms with E-state index in [1.54, 1.807) is 13.0 Å². The molecule has 1 aromatic carbocycles. The molecule has 0 N–H and O–H groups in total. The minimum absolute atomic E-state index is 0.273. The first kappa shape index (κ1) is 10.6. The summed E-state index contributed by atoms with van der Waals surface area (Å²) >= 11 is 3.13. The van der Waals surface area contributed by atoms with E-state index in [0.29, 0.717) is 0 Å². The molecular weight excluding hydrogens is 245 g/mol. The van der Waals surface area contributed by atoms with Gasteiger partial charge in [-0.1, -0.05) is 34.1 Å². The first-order chi connectivity index (χ1) is 5.93. The molecule has 0 nitrogen and oxygen atoms in total. The molecule has 4 heteroatoms. The third kappa shape index (κ3) is 2.46. The fourth-order valence-electron chi connectivity index (χ4n) is 1.10. The van der Waals surface area contributed by atoms with Crippen LogP contribution in [0.1, 0.15) is 22.9 Å². The summed E-state index contributed by atoms with van der Waals surface area (Å²) in [5, 5.41) is 0. The van der Waals surface area contributed by atoms with Crippen molar-refractivity contribution in [1.29, 1.82) is 0 Å². The van der Waals surface area contributed by atoms with Crippen LogP contribution in [0.25, 0.3) is 0 Å². The summed E-state index contributed by atoms with van der Waals surface area (Å²) in [6.07, 6.45) is -4.27. The maximum atomic E-state index is 12.4. The number of hydrogen-bond donors (Lipinski definition) is 0. The predicted octanol–water partition coefficient (Wildman–Crippen LogP) is 4.16. The fraction of sp³-hybridized carbons (Fsp3) is 0.333. The highest BCUT2D eigenvalue weighted by Gasteiger charge is 2.33. The fourth-order valence-corrected chi connectivity index (χ4v) is 1.50. The van der Waals surface area contributed by atoms with Gasteiger partial charge in [0.25, 0.3) is 0 Å². The third-order valence-electron chi connectivity index (χ3n) is 1.69. The molecule has 1 aromatic rings. The molecule has 1 rings (SSSR count). The molecule has 0 aliphatic heterocycles. The number of benzene rings is 1. The second-order valence-electron chi connectivity index (χ2n) is 2.70. The van der Waals surface area contributed by atoms with E-state index in [0.717, 1.165) is 6.07 Å². The van der Waals surface area contributed by atoms with Crippen LogP contribution in [0, 0.1) is 0 Å². The SMILES string of the molecule is C[C@H](Br)c1ccccc1C(F)(F)F. The molecule has 0 saturated heterocycles. The summed E-state index contributed by atoms with van der Waals surface area (Å²) in [6.45, 7) is 1.67. The van der Waals surface area contributed by atoms with Crippen LogP contribution in [0.3, 0.4) is 0 Å². The molecule has 0 amide bonds. The Labute approximate surface area is 82.9 Å². The monoisotopic (exact) mass is 252 g/mol. The van der Waals surface area contributed by atoms with Crippen molar-refractivity contribution in [2.45, 2.75) is 17.9 Å². The minimum Gasteiger partial charge on any atom is -0.166 e. The van der Waals surface area contributed by atoms with Gasteiger partial charge in [0, 0.05) is 4.83 Å². The molecule has 0 aliphatic carbocycles. The predicted molar refractivity (Wildman–Crippen MR) is 48.8 cm³/mol. The van der Waals surface area contributed by atoms with E-state index in [1.807, 2.05) is 0 Å². The van der Waals surface area contributed by atoms with Crippen LogP contribution in [-0.2, 0) is 6.18 Å². The van der Waals surface area contributed by atoms with Gasteiger partial charge in [0.05, 0.1) is 5.56 Å². The van der Waals surface area contributed by atoms with Crippen molar-refractivity contribution >= 4 is 15.9 Å². The average Bonchev–Trinajstić information content (AvgIpc) is 2.03. The zero-order valence-corrected chi connectivity index (χ0v) is 8.48. The maximum Gasteiger partial charge on any atom is 0.416 e. The Morgan fingerprint density at radius 3 is 2.15 bits per heavy atom. The normalized spacial score (nSPS) is 14.2. The van der Waals surface area contributed by atoms with Crippen molar-refractivity contribution in [2.24, 2.45) is 0 Å². The first-order valence-electron chi connectivity index (χ1n) is 3.73. The van der Waals surface area contributed by atoms with Gasteiger partial charge in [0.2, 0.25) is 0 Å². The van der Waals surface area contributed by atoms with Gasteiger partial charge in [0.1, 0.15) is 0 Å². The highest BCUT2D eigenvalue weighted by atomic mass is 79.9. The summed E-state index contributed by atoms with van der Waals surface area (Å²) in [5.74, 6) is 0. The van der Waals surface area contributed by atoms with E-state index >= 15 is 0 Å². The van der Waals surface area contributed by atoms with Crippen molar-refractivity contribution in [2.75, 3.05) is 0 Å². The summed E-state index contributed by atoms with van der Waals surface area (Å²) in [4.78, 5) is -0.287. The zero-order valence-electron chi connectivity index (χ0n) is 6.90. The second-order valence-corrected chi connectivity index (χ2v) is 4.07. The first-order valence-corrected chi connectivity index (χ1v) is 4.64. The van der Waals surface area contributed by atoms with Gasteiger partial charge in [-0.25, -0.2) is 0 Å². The summed E-state index contributed by atoms with van der Waals surface area (Å²) in [7, 11) is 0. The molecular formula is C9H8BrF3. The van der Waals surface area contributed by atoms with Crippen molar-refractivity contribution in [1.82, 2.24) is 0 Å². The molecule has 0 heterocycles. The van der Waals surface area contributed by atoms with Crippen LogP contribution in [0.4, 0.5) is 13.2 Å². The highest BCUT2D eigenvalue weighted by molar-refractivity contribution is 9.09. The van der Waals surface area contributed by atoms with Crippen LogP contribution in [0.15, 0.2) is 24.3 Å². The van der Waals surface area contributed by atoms with E-state index in [1.165, 1.54) is 12.1 Å². The van der Waals surface area contributed by atoms with E-state index < -0.39 is 11.7 Å². The molecule has 0 spiro atoms. The lowest BCUT2D eigenvalue weighted by Gasteiger charge is -2.13. The van der Waals surface area contributed by atoms with Crippen LogP contribution in [-0.4, -0.2) is 0 Å². The van der Waals surface area contributed by atoms with Gasteiger partial charge in [0.15, 0.2) is 0 Å². The quantitative estimate of drug-likeness (QED) is 0.659. The molecule has 0 aliphatic rings. The number of halogens is 4. The molecule has 1 atom stereocenters. The smallest absolute Gasteiger partial charge is 0.166 e. The Morgan fingerprint density at radius 2 is 1.77 bits per heavy atom. The Balaban J connectivity index is 3.20. The number of rotatable bonds is 1. The van der Waals surface area contributed by atoms with E-state index in [2.05, 4.69) is 15.9 Å². The van der Waals surface area contributed by atoms with Crippen molar-refractivity contribution in [3.8, 4) is 0 Å². The molecule has 0 unspecified atom stereocenters. The lowest BCUT2D eigenvalue weighted by Crippen LogP contribution is -2.08. The van der Waals surface area contributed by atoms with Crippen LogP contribution >= 0.6 is 15.9 Å². The van der Waals surface area contributed by atoms with E-state index in [4.69, 9.17) is 0 Å². The van der Waals surface area contributed by atoms with Gasteiger partial charge in [-0.3, -0.25) is 0 Å². The van der Waals surface area contributed by atoms with Crippen LogP contribution in [0.2, 0.25) is 0 Å². The summed E-state index contributed by atoms with van der Waals surface area (Å²) in [5.41, 5.74) is -0.297. The van der Waals surface area contributed by atoms with Crippen molar-refractivity contribution < 1.29 is 13.2 Å². The van der Waals surface area contributed by atoms with Gasteiger partial charge >= 0.3 is 6.18 Å². The largest absolute Gasteiger partial charge is 0.416 e. The zero-order chi connectivity index (χ0) is 10.1. The average molecular weight is 253 g/mol. The van der Waals surface area contributed by atoms with Gasteiger partial charge in [-0.15, -0.1) is 0 Å². The number of hydrogen-bond acceptors (Lipinski definition) is 0. The Bertz CT molecular complexity index is 291. The number of alkyl halides is 4. The molecule has 72 valence electrons. The molecule has 0 fully saturated rings. The highest BCUT2D eigenvalue weighted by Crippen LogP contribution is 2.36. The topological polar surface area (TPSA) is 0 Å². The van der Waals surface area contributed by atoms with Gasteiger partial charge in [-0.2, -0.15) is 13.2 Å². The van der Waals surface area contributed by atoms with Gasteiger partial charge < -0.3 is 0 Å². The lowest BCUT2D eigenvalue weighted by atomic mass is 10.1. The third-order valence-corrected chi connectivity index (χ3v) is 2.19. The lowest BCUT2D eigenvalue weighted by molar-refractivity contribution is -0.138. The Hall–Kier alpha value is -0.510. The summed E-state index contributed by atoms with van der Waals surface area (Å²) < 4.78 is 37.2. The standard InChI is InChI=1S/C9H8BrF3/c1-6(10)7-4-2-3-5-8(7)9(11,12)13/h2-6H,1H3/t6-/m0/s1. The summed E-state index contributed by atoms with van der Waals surface area (Å²) in [6, 6.07) is 5.55. The van der Waals surface area contributed by atoms with Crippen LogP contribution in [0.5, 0.6) is 0 Å². The molecule has 0 saturated carbocycles. The minimum atomic E-state index is -4.27. The van der Waals surface area contributed by atoms with Crippen molar-refractivity contribution in [3.05, 3.63) is 35.4 Å². The Kier molecular flexibility index (Phi) is 3.01. The molecule has 13 heavy (non-hydrogen) atoms. The second kappa shape index (κ2) is 3.70. The maximum absolute atomic E-state index is 12.4. The van der Waals surface area contributed by atoms with E-state index in [-0.39, 0.29) is 10.4 Å². The Morgan fingerprint density at radius 1 is 1.23 bits per heavy atom. The van der Waals surface area contributed by atoms with E-state index in [9.17, 15) is 13.2 Å². The molecule has 0 aromatic heterocycles. The van der Waals surface area contributed by atoms with Crippen LogP contribution < -0.4 is 0 Å². The van der Waals surface area contributed by atoms with Gasteiger partial charge in [-0.05, 0) is 18.6 Å². The molecule has 0 bridgehead atoms. The van der Waals surface area contributed by atoms with Crippen molar-refractivity contribution in [3.63, 3.8) is 0 Å². The molecule has 0 radical (unpaired) electrons.